The van der Waals surface area contributed by atoms with E-state index in [1.807, 2.05) is 24.4 Å². The Morgan fingerprint density at radius 1 is 1.15 bits per heavy atom. The van der Waals surface area contributed by atoms with Crippen molar-refractivity contribution >= 4 is 17.5 Å². The number of nitrogens with two attached hydrogens (primary N) is 1. The van der Waals surface area contributed by atoms with Crippen LogP contribution in [0.25, 0.3) is 0 Å². The summed E-state index contributed by atoms with van der Waals surface area (Å²) >= 11 is 0. The molecule has 1 fully saturated rings. The fourth-order valence-electron chi connectivity index (χ4n) is 3.25. The summed E-state index contributed by atoms with van der Waals surface area (Å²) in [6.45, 7) is 8.55. The van der Waals surface area contributed by atoms with Gasteiger partial charge in [-0.25, -0.2) is 9.98 Å². The van der Waals surface area contributed by atoms with Crippen LogP contribution in [0.5, 0.6) is 0 Å². The quantitative estimate of drug-likeness (QED) is 0.627. The number of hydrogen-bond donors (Lipinski definition) is 2. The zero-order valence-corrected chi connectivity index (χ0v) is 16.4. The Morgan fingerprint density at radius 2 is 1.81 bits per heavy atom. The van der Waals surface area contributed by atoms with Crippen molar-refractivity contribution in [1.82, 2.24) is 4.98 Å². The lowest BCUT2D eigenvalue weighted by molar-refractivity contribution is -0.00545. The minimum atomic E-state index is 0.220. The van der Waals surface area contributed by atoms with E-state index in [-0.39, 0.29) is 12.2 Å². The van der Waals surface area contributed by atoms with Gasteiger partial charge in [-0.05, 0) is 49.6 Å². The number of nitrogens with one attached hydrogen (secondary N) is 1. The van der Waals surface area contributed by atoms with Gasteiger partial charge in [-0.15, -0.1) is 0 Å². The normalized spacial score (nSPS) is 20.6. The Morgan fingerprint density at radius 3 is 2.41 bits per heavy atom. The number of pyridine rings is 1. The first-order valence-corrected chi connectivity index (χ1v) is 9.54. The van der Waals surface area contributed by atoms with Gasteiger partial charge in [-0.2, -0.15) is 0 Å². The molecule has 0 amide bonds. The van der Waals surface area contributed by atoms with Gasteiger partial charge < -0.3 is 20.7 Å². The maximum atomic E-state index is 6.00. The molecule has 1 aromatic heterocycles. The molecule has 27 heavy (non-hydrogen) atoms. The van der Waals surface area contributed by atoms with E-state index in [2.05, 4.69) is 59.2 Å². The highest BCUT2D eigenvalue weighted by Crippen LogP contribution is 2.18. The van der Waals surface area contributed by atoms with Crippen molar-refractivity contribution in [2.75, 3.05) is 23.3 Å². The van der Waals surface area contributed by atoms with Gasteiger partial charge in [0.05, 0.1) is 18.8 Å². The second kappa shape index (κ2) is 8.86. The number of ether oxygens (including phenoxy) is 1. The summed E-state index contributed by atoms with van der Waals surface area (Å²) in [4.78, 5) is 11.3. The van der Waals surface area contributed by atoms with Gasteiger partial charge in [0.2, 0.25) is 0 Å². The molecule has 3 N–H and O–H groups in total. The van der Waals surface area contributed by atoms with Crippen LogP contribution in [0.1, 0.15) is 31.9 Å². The number of morpholine rings is 1. The first kappa shape index (κ1) is 19.2. The molecule has 2 heterocycles. The average Bonchev–Trinajstić information content (AvgIpc) is 2.66. The third-order valence-electron chi connectivity index (χ3n) is 4.62. The van der Waals surface area contributed by atoms with E-state index in [1.165, 1.54) is 5.56 Å². The van der Waals surface area contributed by atoms with Gasteiger partial charge in [-0.1, -0.05) is 25.1 Å². The molecule has 2 atom stereocenters. The molecule has 1 aliphatic heterocycles. The predicted molar refractivity (Wildman–Crippen MR) is 111 cm³/mol. The summed E-state index contributed by atoms with van der Waals surface area (Å²) < 4.78 is 5.78. The Hall–Kier alpha value is -2.60. The number of aromatic nitrogens is 1. The smallest absolute Gasteiger partial charge is 0.193 e. The van der Waals surface area contributed by atoms with Crippen LogP contribution in [-0.4, -0.2) is 36.2 Å². The van der Waals surface area contributed by atoms with E-state index in [0.29, 0.717) is 12.5 Å². The summed E-state index contributed by atoms with van der Waals surface area (Å²) in [6, 6.07) is 12.3. The van der Waals surface area contributed by atoms with E-state index >= 15 is 0 Å². The average molecular weight is 367 g/mol. The van der Waals surface area contributed by atoms with Crippen LogP contribution in [0.15, 0.2) is 47.6 Å². The first-order valence-electron chi connectivity index (χ1n) is 9.54. The number of guanidine groups is 1. The molecule has 0 bridgehead atoms. The molecular weight excluding hydrogens is 338 g/mol. The molecule has 0 radical (unpaired) electrons. The highest BCUT2D eigenvalue weighted by Gasteiger charge is 2.22. The fraction of sp³-hybridized carbons (Fsp3) is 0.429. The number of benzene rings is 1. The number of hydrogen-bond acceptors (Lipinski definition) is 4. The van der Waals surface area contributed by atoms with Crippen LogP contribution < -0.4 is 16.0 Å². The summed E-state index contributed by atoms with van der Waals surface area (Å²) in [5.41, 5.74) is 9.26. The third-order valence-corrected chi connectivity index (χ3v) is 4.62. The summed E-state index contributed by atoms with van der Waals surface area (Å²) in [5, 5.41) is 3.12. The van der Waals surface area contributed by atoms with Crippen LogP contribution in [0.2, 0.25) is 0 Å². The SMILES string of the molecule is CCc1ccc(NC(N)=NCc2ccc(N3CC(C)OC(C)C3)nc2)cc1. The highest BCUT2D eigenvalue weighted by molar-refractivity contribution is 5.92. The zero-order chi connectivity index (χ0) is 19.2. The number of rotatable bonds is 5. The Bertz CT molecular complexity index is 747. The molecule has 2 unspecified atom stereocenters. The van der Waals surface area contributed by atoms with Crippen LogP contribution in [0, 0.1) is 0 Å². The molecule has 6 heteroatoms. The van der Waals surface area contributed by atoms with E-state index in [4.69, 9.17) is 10.5 Å². The highest BCUT2D eigenvalue weighted by atomic mass is 16.5. The third kappa shape index (κ3) is 5.44. The maximum Gasteiger partial charge on any atom is 0.193 e. The topological polar surface area (TPSA) is 75.8 Å². The van der Waals surface area contributed by atoms with Gasteiger partial charge in [0.1, 0.15) is 5.82 Å². The van der Waals surface area contributed by atoms with Crippen molar-refractivity contribution in [2.24, 2.45) is 10.7 Å². The first-order chi connectivity index (χ1) is 13.0. The van der Waals surface area contributed by atoms with Crippen molar-refractivity contribution in [3.63, 3.8) is 0 Å². The van der Waals surface area contributed by atoms with Gasteiger partial charge in [0.25, 0.3) is 0 Å². The van der Waals surface area contributed by atoms with E-state index in [1.54, 1.807) is 0 Å². The molecule has 2 aromatic rings. The van der Waals surface area contributed by atoms with Crippen LogP contribution in [0.3, 0.4) is 0 Å². The van der Waals surface area contributed by atoms with Crippen molar-refractivity contribution < 1.29 is 4.74 Å². The predicted octanol–water partition coefficient (Wildman–Crippen LogP) is 3.18. The number of aliphatic imine (C=N–C) groups is 1. The maximum absolute atomic E-state index is 6.00. The molecule has 6 nitrogen and oxygen atoms in total. The molecule has 1 aliphatic rings. The van der Waals surface area contributed by atoms with Gasteiger partial charge in [0.15, 0.2) is 5.96 Å². The van der Waals surface area contributed by atoms with Gasteiger partial charge in [-0.3, -0.25) is 0 Å². The monoisotopic (exact) mass is 367 g/mol. The van der Waals surface area contributed by atoms with E-state index < -0.39 is 0 Å². The second-order valence-electron chi connectivity index (χ2n) is 7.06. The molecule has 1 aromatic carbocycles. The largest absolute Gasteiger partial charge is 0.372 e. The fourth-order valence-corrected chi connectivity index (χ4v) is 3.25. The van der Waals surface area contributed by atoms with E-state index in [9.17, 15) is 0 Å². The number of anilines is 2. The Balaban J connectivity index is 1.56. The molecule has 0 aliphatic carbocycles. The molecular formula is C21H29N5O. The zero-order valence-electron chi connectivity index (χ0n) is 16.4. The second-order valence-corrected chi connectivity index (χ2v) is 7.06. The van der Waals surface area contributed by atoms with Gasteiger partial charge in [0, 0.05) is 25.0 Å². The summed E-state index contributed by atoms with van der Waals surface area (Å²) in [5.74, 6) is 1.38. The van der Waals surface area contributed by atoms with Crippen molar-refractivity contribution in [2.45, 2.75) is 45.9 Å². The summed E-state index contributed by atoms with van der Waals surface area (Å²) in [6.07, 6.45) is 3.33. The molecule has 3 rings (SSSR count). The lowest BCUT2D eigenvalue weighted by Gasteiger charge is -2.36. The lowest BCUT2D eigenvalue weighted by atomic mass is 10.1. The minimum absolute atomic E-state index is 0.220. The molecule has 1 saturated heterocycles. The minimum Gasteiger partial charge on any atom is -0.372 e. The number of aryl methyl sites for hydroxylation is 1. The van der Waals surface area contributed by atoms with Crippen molar-refractivity contribution in [3.8, 4) is 0 Å². The standard InChI is InChI=1S/C21H29N5O/c1-4-17-5-8-19(9-6-17)25-21(22)24-12-18-7-10-20(23-11-18)26-13-15(2)27-16(3)14-26/h5-11,15-16H,4,12-14H2,1-3H3,(H3,22,24,25). The van der Waals surface area contributed by atoms with Gasteiger partial charge >= 0.3 is 0 Å². The van der Waals surface area contributed by atoms with E-state index in [0.717, 1.165) is 36.6 Å². The van der Waals surface area contributed by atoms with Crippen LogP contribution >= 0.6 is 0 Å². The summed E-state index contributed by atoms with van der Waals surface area (Å²) in [7, 11) is 0. The number of nitrogens with zero attached hydrogens (tertiary/aromatic N) is 3. The lowest BCUT2D eigenvalue weighted by Crippen LogP contribution is -2.45. The molecule has 0 spiro atoms. The Labute approximate surface area is 161 Å². The molecule has 144 valence electrons. The Kier molecular flexibility index (Phi) is 6.29. The van der Waals surface area contributed by atoms with Crippen LogP contribution in [-0.2, 0) is 17.7 Å². The van der Waals surface area contributed by atoms with Crippen molar-refractivity contribution in [3.05, 3.63) is 53.7 Å². The van der Waals surface area contributed by atoms with Crippen molar-refractivity contribution in [1.29, 1.82) is 0 Å². The van der Waals surface area contributed by atoms with Crippen LogP contribution in [0.4, 0.5) is 11.5 Å². The molecule has 0 saturated carbocycles.